The number of halogens is 1. The summed E-state index contributed by atoms with van der Waals surface area (Å²) in [4.78, 5) is 10.8. The Morgan fingerprint density at radius 3 is 2.77 bits per heavy atom. The summed E-state index contributed by atoms with van der Waals surface area (Å²) in [7, 11) is 1.51. The first kappa shape index (κ1) is 9.67. The van der Waals surface area contributed by atoms with E-state index >= 15 is 0 Å². The number of rotatable bonds is 1. The zero-order chi connectivity index (χ0) is 9.84. The van der Waals surface area contributed by atoms with E-state index in [0.29, 0.717) is 5.69 Å². The van der Waals surface area contributed by atoms with Crippen molar-refractivity contribution in [1.29, 1.82) is 0 Å². The molecule has 5 heteroatoms. The molecule has 0 aliphatic carbocycles. The second kappa shape index (κ2) is 4.00. The van der Waals surface area contributed by atoms with Gasteiger partial charge >= 0.3 is 6.03 Å². The number of carbonyl (C=O) groups is 1. The van der Waals surface area contributed by atoms with Gasteiger partial charge in [-0.15, -0.1) is 0 Å². The number of anilines is 1. The van der Waals surface area contributed by atoms with Crippen LogP contribution in [0.2, 0.25) is 5.02 Å². The van der Waals surface area contributed by atoms with Gasteiger partial charge in [-0.2, -0.15) is 0 Å². The van der Waals surface area contributed by atoms with Crippen molar-refractivity contribution in [3.8, 4) is 5.75 Å². The van der Waals surface area contributed by atoms with E-state index < -0.39 is 0 Å². The van der Waals surface area contributed by atoms with Crippen LogP contribution in [0.1, 0.15) is 0 Å². The fourth-order valence-corrected chi connectivity index (χ4v) is 0.902. The van der Waals surface area contributed by atoms with E-state index in [1.807, 2.05) is 0 Å². The Morgan fingerprint density at radius 2 is 2.23 bits per heavy atom. The summed E-state index contributed by atoms with van der Waals surface area (Å²) < 4.78 is 0. The van der Waals surface area contributed by atoms with E-state index in [-0.39, 0.29) is 16.8 Å². The maximum absolute atomic E-state index is 10.8. The van der Waals surface area contributed by atoms with Crippen molar-refractivity contribution in [1.82, 2.24) is 5.32 Å². The van der Waals surface area contributed by atoms with Crippen molar-refractivity contribution in [3.05, 3.63) is 23.2 Å². The first-order chi connectivity index (χ1) is 6.13. The highest BCUT2D eigenvalue weighted by molar-refractivity contribution is 6.32. The van der Waals surface area contributed by atoms with Crippen LogP contribution in [0.4, 0.5) is 10.5 Å². The largest absolute Gasteiger partial charge is 0.506 e. The van der Waals surface area contributed by atoms with Crippen LogP contribution in [0.3, 0.4) is 0 Å². The lowest BCUT2D eigenvalue weighted by Gasteiger charge is -2.04. The Balaban J connectivity index is 2.79. The van der Waals surface area contributed by atoms with Crippen molar-refractivity contribution >= 4 is 23.3 Å². The first-order valence-corrected chi connectivity index (χ1v) is 3.98. The van der Waals surface area contributed by atoms with Gasteiger partial charge < -0.3 is 15.7 Å². The van der Waals surface area contributed by atoms with Crippen LogP contribution >= 0.6 is 11.6 Å². The molecular formula is C8H9ClN2O2. The van der Waals surface area contributed by atoms with Gasteiger partial charge in [-0.3, -0.25) is 0 Å². The zero-order valence-electron chi connectivity index (χ0n) is 6.97. The van der Waals surface area contributed by atoms with Gasteiger partial charge in [0, 0.05) is 18.8 Å². The molecular weight excluding hydrogens is 192 g/mol. The Kier molecular flexibility index (Phi) is 2.97. The summed E-state index contributed by atoms with van der Waals surface area (Å²) in [6.07, 6.45) is 0. The zero-order valence-corrected chi connectivity index (χ0v) is 7.72. The molecule has 1 aromatic rings. The predicted octanol–water partition coefficient (Wildman–Crippen LogP) is 1.80. The third kappa shape index (κ3) is 2.52. The smallest absolute Gasteiger partial charge is 0.318 e. The lowest BCUT2D eigenvalue weighted by molar-refractivity contribution is 0.254. The molecule has 0 unspecified atom stereocenters. The average molecular weight is 201 g/mol. The quantitative estimate of drug-likeness (QED) is 0.647. The highest BCUT2D eigenvalue weighted by Crippen LogP contribution is 2.25. The summed E-state index contributed by atoms with van der Waals surface area (Å²) in [5.74, 6) is -0.0597. The molecule has 0 radical (unpaired) electrons. The van der Waals surface area contributed by atoms with Gasteiger partial charge in [0.25, 0.3) is 0 Å². The van der Waals surface area contributed by atoms with Crippen LogP contribution in [0, 0.1) is 0 Å². The van der Waals surface area contributed by atoms with E-state index in [1.54, 1.807) is 6.07 Å². The fourth-order valence-electron chi connectivity index (χ4n) is 0.784. The van der Waals surface area contributed by atoms with Gasteiger partial charge in [0.2, 0.25) is 0 Å². The normalized spacial score (nSPS) is 9.38. The van der Waals surface area contributed by atoms with Crippen LogP contribution in [-0.4, -0.2) is 18.2 Å². The summed E-state index contributed by atoms with van der Waals surface area (Å²) in [6, 6.07) is 4.12. The number of urea groups is 1. The van der Waals surface area contributed by atoms with Gasteiger partial charge in [0.15, 0.2) is 0 Å². The molecule has 70 valence electrons. The Morgan fingerprint density at radius 1 is 1.54 bits per heavy atom. The van der Waals surface area contributed by atoms with Gasteiger partial charge in [0.05, 0.1) is 5.02 Å². The van der Waals surface area contributed by atoms with E-state index in [0.717, 1.165) is 0 Å². The summed E-state index contributed by atoms with van der Waals surface area (Å²) in [5, 5.41) is 14.3. The average Bonchev–Trinajstić information content (AvgIpc) is 2.11. The molecule has 1 rings (SSSR count). The van der Waals surface area contributed by atoms with Crippen molar-refractivity contribution in [2.45, 2.75) is 0 Å². The molecule has 0 saturated heterocycles. The molecule has 0 bridgehead atoms. The molecule has 13 heavy (non-hydrogen) atoms. The van der Waals surface area contributed by atoms with Crippen molar-refractivity contribution < 1.29 is 9.90 Å². The molecule has 0 spiro atoms. The topological polar surface area (TPSA) is 61.4 Å². The molecule has 0 aliphatic heterocycles. The van der Waals surface area contributed by atoms with E-state index in [4.69, 9.17) is 11.6 Å². The van der Waals surface area contributed by atoms with Gasteiger partial charge in [-0.25, -0.2) is 4.79 Å². The second-order valence-corrected chi connectivity index (χ2v) is 2.78. The second-order valence-electron chi connectivity index (χ2n) is 2.37. The fraction of sp³-hybridized carbons (Fsp3) is 0.125. The molecule has 1 aromatic carbocycles. The molecule has 0 fully saturated rings. The monoisotopic (exact) mass is 200 g/mol. The molecule has 0 aromatic heterocycles. The Hall–Kier alpha value is -1.42. The number of phenols is 1. The number of hydrogen-bond acceptors (Lipinski definition) is 2. The maximum Gasteiger partial charge on any atom is 0.318 e. The third-order valence-electron chi connectivity index (χ3n) is 1.43. The standard InChI is InChI=1S/C8H9ClN2O2/c1-10-8(13)11-5-2-3-6(9)7(12)4-5/h2-4,12H,1H3,(H2,10,11,13). The molecule has 0 aliphatic rings. The van der Waals surface area contributed by atoms with E-state index in [9.17, 15) is 9.90 Å². The van der Waals surface area contributed by atoms with E-state index in [2.05, 4.69) is 10.6 Å². The van der Waals surface area contributed by atoms with Crippen LogP contribution in [0.15, 0.2) is 18.2 Å². The third-order valence-corrected chi connectivity index (χ3v) is 1.75. The lowest BCUT2D eigenvalue weighted by Crippen LogP contribution is -2.24. The number of phenolic OH excluding ortho intramolecular Hbond substituents is 1. The summed E-state index contributed by atoms with van der Waals surface area (Å²) in [6.45, 7) is 0. The summed E-state index contributed by atoms with van der Waals surface area (Å²) >= 11 is 5.57. The predicted molar refractivity (Wildman–Crippen MR) is 51.2 cm³/mol. The number of benzene rings is 1. The Bertz CT molecular complexity index is 328. The SMILES string of the molecule is CNC(=O)Nc1ccc(Cl)c(O)c1. The van der Waals surface area contributed by atoms with Crippen LogP contribution in [0.25, 0.3) is 0 Å². The van der Waals surface area contributed by atoms with Gasteiger partial charge in [-0.05, 0) is 12.1 Å². The van der Waals surface area contributed by atoms with Crippen LogP contribution in [-0.2, 0) is 0 Å². The number of carbonyl (C=O) groups excluding carboxylic acids is 1. The molecule has 3 N–H and O–H groups in total. The van der Waals surface area contributed by atoms with Gasteiger partial charge in [0.1, 0.15) is 5.75 Å². The van der Waals surface area contributed by atoms with Crippen molar-refractivity contribution in [2.24, 2.45) is 0 Å². The minimum absolute atomic E-state index is 0.0597. The van der Waals surface area contributed by atoms with Crippen molar-refractivity contribution in [3.63, 3.8) is 0 Å². The highest BCUT2D eigenvalue weighted by atomic mass is 35.5. The Labute approximate surface area is 80.5 Å². The van der Waals surface area contributed by atoms with Crippen LogP contribution < -0.4 is 10.6 Å². The molecule has 0 heterocycles. The number of hydrogen-bond donors (Lipinski definition) is 3. The molecule has 2 amide bonds. The molecule has 0 atom stereocenters. The molecule has 0 saturated carbocycles. The first-order valence-electron chi connectivity index (χ1n) is 3.60. The maximum atomic E-state index is 10.8. The summed E-state index contributed by atoms with van der Waals surface area (Å²) in [5.41, 5.74) is 0.487. The number of amides is 2. The lowest BCUT2D eigenvalue weighted by atomic mass is 10.3. The van der Waals surface area contributed by atoms with Gasteiger partial charge in [-0.1, -0.05) is 11.6 Å². The number of aromatic hydroxyl groups is 1. The van der Waals surface area contributed by atoms with E-state index in [1.165, 1.54) is 19.2 Å². The minimum atomic E-state index is -0.346. The molecule has 4 nitrogen and oxygen atoms in total. The number of nitrogens with one attached hydrogen (secondary N) is 2. The van der Waals surface area contributed by atoms with Crippen LogP contribution in [0.5, 0.6) is 5.75 Å². The highest BCUT2D eigenvalue weighted by Gasteiger charge is 2.01. The minimum Gasteiger partial charge on any atom is -0.506 e. The van der Waals surface area contributed by atoms with Crippen molar-refractivity contribution in [2.75, 3.05) is 12.4 Å².